The van der Waals surface area contributed by atoms with Crippen molar-refractivity contribution in [2.24, 2.45) is 0 Å². The predicted molar refractivity (Wildman–Crippen MR) is 101 cm³/mol. The first-order valence-corrected chi connectivity index (χ1v) is 8.91. The molecule has 0 saturated carbocycles. The SMILES string of the molecule is CCN1CCN(C(=O)c2cc(C(=O)N(C)c3ccccc3)ccn2)CC1. The number of pyridine rings is 1. The van der Waals surface area contributed by atoms with Gasteiger partial charge in [0, 0.05) is 50.7 Å². The van der Waals surface area contributed by atoms with E-state index in [1.807, 2.05) is 35.2 Å². The van der Waals surface area contributed by atoms with Crippen molar-refractivity contribution in [2.45, 2.75) is 6.92 Å². The van der Waals surface area contributed by atoms with E-state index in [2.05, 4.69) is 16.8 Å². The lowest BCUT2D eigenvalue weighted by Crippen LogP contribution is -2.48. The van der Waals surface area contributed by atoms with Crippen molar-refractivity contribution in [3.63, 3.8) is 0 Å². The molecule has 0 bridgehead atoms. The molecule has 1 aromatic heterocycles. The van der Waals surface area contributed by atoms with Crippen LogP contribution in [0.15, 0.2) is 48.7 Å². The highest BCUT2D eigenvalue weighted by Crippen LogP contribution is 2.16. The molecule has 1 fully saturated rings. The molecule has 2 amide bonds. The van der Waals surface area contributed by atoms with E-state index in [-0.39, 0.29) is 11.8 Å². The van der Waals surface area contributed by atoms with Crippen LogP contribution in [0.5, 0.6) is 0 Å². The van der Waals surface area contributed by atoms with Crippen LogP contribution in [-0.2, 0) is 0 Å². The van der Waals surface area contributed by atoms with E-state index in [4.69, 9.17) is 0 Å². The summed E-state index contributed by atoms with van der Waals surface area (Å²) in [6.07, 6.45) is 1.53. The number of anilines is 1. The average molecular weight is 352 g/mol. The minimum Gasteiger partial charge on any atom is -0.335 e. The molecule has 26 heavy (non-hydrogen) atoms. The molecule has 3 rings (SSSR count). The fourth-order valence-electron chi connectivity index (χ4n) is 3.07. The summed E-state index contributed by atoms with van der Waals surface area (Å²) < 4.78 is 0. The lowest BCUT2D eigenvalue weighted by Gasteiger charge is -2.33. The Morgan fingerprint density at radius 3 is 2.42 bits per heavy atom. The van der Waals surface area contributed by atoms with Crippen molar-refractivity contribution >= 4 is 17.5 Å². The van der Waals surface area contributed by atoms with Gasteiger partial charge in [0.15, 0.2) is 0 Å². The van der Waals surface area contributed by atoms with Gasteiger partial charge in [-0.3, -0.25) is 14.6 Å². The molecule has 0 radical (unpaired) electrons. The number of likely N-dealkylation sites (N-methyl/N-ethyl adjacent to an activating group) is 1. The molecule has 0 N–H and O–H groups in total. The second-order valence-electron chi connectivity index (χ2n) is 6.36. The van der Waals surface area contributed by atoms with Gasteiger partial charge in [0.2, 0.25) is 0 Å². The van der Waals surface area contributed by atoms with Crippen LogP contribution in [0, 0.1) is 0 Å². The number of rotatable bonds is 4. The zero-order valence-electron chi connectivity index (χ0n) is 15.3. The summed E-state index contributed by atoms with van der Waals surface area (Å²) in [5, 5.41) is 0. The fraction of sp³-hybridized carbons (Fsp3) is 0.350. The highest BCUT2D eigenvalue weighted by Gasteiger charge is 2.23. The number of hydrogen-bond acceptors (Lipinski definition) is 4. The van der Waals surface area contributed by atoms with Crippen LogP contribution in [0.1, 0.15) is 27.8 Å². The second-order valence-corrected chi connectivity index (χ2v) is 6.36. The maximum Gasteiger partial charge on any atom is 0.272 e. The van der Waals surface area contributed by atoms with Gasteiger partial charge in [-0.15, -0.1) is 0 Å². The van der Waals surface area contributed by atoms with Crippen molar-refractivity contribution in [3.05, 3.63) is 59.9 Å². The zero-order chi connectivity index (χ0) is 18.5. The molecule has 1 saturated heterocycles. The van der Waals surface area contributed by atoms with Crippen molar-refractivity contribution < 1.29 is 9.59 Å². The summed E-state index contributed by atoms with van der Waals surface area (Å²) in [6, 6.07) is 12.7. The monoisotopic (exact) mass is 352 g/mol. The minimum atomic E-state index is -0.163. The number of nitrogens with zero attached hydrogens (tertiary/aromatic N) is 4. The molecule has 0 aliphatic carbocycles. The fourth-order valence-corrected chi connectivity index (χ4v) is 3.07. The van der Waals surface area contributed by atoms with Gasteiger partial charge in [-0.2, -0.15) is 0 Å². The normalized spacial score (nSPS) is 14.9. The van der Waals surface area contributed by atoms with Crippen LogP contribution in [0.2, 0.25) is 0 Å². The Hall–Kier alpha value is -2.73. The number of carbonyl (C=O) groups excluding carboxylic acids is 2. The van der Waals surface area contributed by atoms with Crippen LogP contribution in [-0.4, -0.2) is 66.4 Å². The molecule has 0 spiro atoms. The number of hydrogen-bond donors (Lipinski definition) is 0. The molecule has 1 aliphatic rings. The Labute approximate surface area is 154 Å². The second kappa shape index (κ2) is 8.10. The highest BCUT2D eigenvalue weighted by molar-refractivity contribution is 6.06. The average Bonchev–Trinajstić information content (AvgIpc) is 2.73. The van der Waals surface area contributed by atoms with Crippen LogP contribution in [0.25, 0.3) is 0 Å². The molecule has 6 nitrogen and oxygen atoms in total. The number of aromatic nitrogens is 1. The highest BCUT2D eigenvalue weighted by atomic mass is 16.2. The standard InChI is InChI=1S/C20H24N4O2/c1-3-23-11-13-24(14-12-23)20(26)18-15-16(9-10-21-18)19(25)22(2)17-7-5-4-6-8-17/h4-10,15H,3,11-14H2,1-2H3. The lowest BCUT2D eigenvalue weighted by molar-refractivity contribution is 0.0637. The Morgan fingerprint density at radius 1 is 1.08 bits per heavy atom. The van der Waals surface area contributed by atoms with Gasteiger partial charge in [-0.05, 0) is 30.8 Å². The molecule has 0 unspecified atom stereocenters. The first-order chi connectivity index (χ1) is 12.6. The molecule has 0 atom stereocenters. The summed E-state index contributed by atoms with van der Waals surface area (Å²) >= 11 is 0. The molecule has 136 valence electrons. The number of para-hydroxylation sites is 1. The Balaban J connectivity index is 1.74. The van der Waals surface area contributed by atoms with Gasteiger partial charge in [0.1, 0.15) is 5.69 Å². The molecule has 2 aromatic rings. The number of piperazine rings is 1. The van der Waals surface area contributed by atoms with E-state index in [1.54, 1.807) is 24.1 Å². The van der Waals surface area contributed by atoms with Crippen LogP contribution in [0.3, 0.4) is 0 Å². The first kappa shape index (κ1) is 18.1. The third-order valence-corrected chi connectivity index (χ3v) is 4.78. The maximum absolute atomic E-state index is 12.7. The van der Waals surface area contributed by atoms with Crippen LogP contribution in [0.4, 0.5) is 5.69 Å². The third kappa shape index (κ3) is 3.91. The quantitative estimate of drug-likeness (QED) is 0.846. The molecule has 6 heteroatoms. The summed E-state index contributed by atoms with van der Waals surface area (Å²) in [4.78, 5) is 35.4. The van der Waals surface area contributed by atoms with E-state index in [1.165, 1.54) is 6.20 Å². The van der Waals surface area contributed by atoms with Gasteiger partial charge < -0.3 is 14.7 Å². The van der Waals surface area contributed by atoms with E-state index in [9.17, 15) is 9.59 Å². The van der Waals surface area contributed by atoms with E-state index in [0.29, 0.717) is 24.3 Å². The number of amides is 2. The maximum atomic E-state index is 12.7. The van der Waals surface area contributed by atoms with Crippen LogP contribution >= 0.6 is 0 Å². The van der Waals surface area contributed by atoms with Crippen molar-refractivity contribution in [3.8, 4) is 0 Å². The van der Waals surface area contributed by atoms with Gasteiger partial charge in [0.25, 0.3) is 11.8 Å². The lowest BCUT2D eigenvalue weighted by atomic mass is 10.1. The molecular formula is C20H24N4O2. The summed E-state index contributed by atoms with van der Waals surface area (Å²) in [5.41, 5.74) is 1.59. The minimum absolute atomic E-state index is 0.113. The van der Waals surface area contributed by atoms with Gasteiger partial charge >= 0.3 is 0 Å². The molecule has 1 aromatic carbocycles. The summed E-state index contributed by atoms with van der Waals surface area (Å²) in [7, 11) is 1.73. The van der Waals surface area contributed by atoms with Crippen molar-refractivity contribution in [2.75, 3.05) is 44.7 Å². The van der Waals surface area contributed by atoms with E-state index >= 15 is 0 Å². The topological polar surface area (TPSA) is 56.8 Å². The predicted octanol–water partition coefficient (Wildman–Crippen LogP) is 2.14. The number of carbonyl (C=O) groups is 2. The zero-order valence-corrected chi connectivity index (χ0v) is 15.3. The number of benzene rings is 1. The molecular weight excluding hydrogens is 328 g/mol. The van der Waals surface area contributed by atoms with Crippen LogP contribution < -0.4 is 4.90 Å². The summed E-state index contributed by atoms with van der Waals surface area (Å²) in [5.74, 6) is -0.277. The largest absolute Gasteiger partial charge is 0.335 e. The Morgan fingerprint density at radius 2 is 1.77 bits per heavy atom. The van der Waals surface area contributed by atoms with Gasteiger partial charge in [0.05, 0.1) is 0 Å². The third-order valence-electron chi connectivity index (χ3n) is 4.78. The van der Waals surface area contributed by atoms with Crippen molar-refractivity contribution in [1.82, 2.24) is 14.8 Å². The Bertz CT molecular complexity index is 770. The van der Waals surface area contributed by atoms with E-state index in [0.717, 1.165) is 25.3 Å². The van der Waals surface area contributed by atoms with Gasteiger partial charge in [-0.1, -0.05) is 25.1 Å². The first-order valence-electron chi connectivity index (χ1n) is 8.91. The van der Waals surface area contributed by atoms with E-state index < -0.39 is 0 Å². The molecule has 2 heterocycles. The van der Waals surface area contributed by atoms with Crippen molar-refractivity contribution in [1.29, 1.82) is 0 Å². The summed E-state index contributed by atoms with van der Waals surface area (Å²) in [6.45, 7) is 6.25. The molecule has 1 aliphatic heterocycles. The Kier molecular flexibility index (Phi) is 5.63. The van der Waals surface area contributed by atoms with Gasteiger partial charge in [-0.25, -0.2) is 0 Å². The smallest absolute Gasteiger partial charge is 0.272 e.